The number of hydrogen-bond acceptors (Lipinski definition) is 5. The van der Waals surface area contributed by atoms with Gasteiger partial charge in [0, 0.05) is 33.3 Å². The van der Waals surface area contributed by atoms with E-state index in [1.165, 1.54) is 19.3 Å². The van der Waals surface area contributed by atoms with Gasteiger partial charge in [0.05, 0.1) is 28.7 Å². The minimum Gasteiger partial charge on any atom is -0.397 e. The first-order valence-corrected chi connectivity index (χ1v) is 8.82. The van der Waals surface area contributed by atoms with E-state index in [-0.39, 0.29) is 18.1 Å². The highest BCUT2D eigenvalue weighted by Gasteiger charge is 2.30. The maximum atomic E-state index is 12.8. The number of nitrogens with two attached hydrogens (primary N) is 1. The summed E-state index contributed by atoms with van der Waals surface area (Å²) in [6.07, 6.45) is 6.03. The van der Waals surface area contributed by atoms with E-state index >= 15 is 0 Å². The zero-order valence-corrected chi connectivity index (χ0v) is 14.6. The molecule has 1 heterocycles. The molecule has 2 aliphatic rings. The molecule has 1 aliphatic carbocycles. The van der Waals surface area contributed by atoms with Crippen molar-refractivity contribution in [1.29, 1.82) is 0 Å². The number of benzene rings is 1. The number of ether oxygens (including phenoxy) is 1. The number of amides is 1. The molecule has 0 aromatic heterocycles. The molecule has 24 heavy (non-hydrogen) atoms. The van der Waals surface area contributed by atoms with Crippen LogP contribution >= 0.6 is 0 Å². The summed E-state index contributed by atoms with van der Waals surface area (Å²) in [5.41, 5.74) is 9.13. The van der Waals surface area contributed by atoms with E-state index in [1.807, 2.05) is 13.1 Å². The van der Waals surface area contributed by atoms with Gasteiger partial charge in [-0.2, -0.15) is 0 Å². The smallest absolute Gasteiger partial charge is 0.253 e. The zero-order valence-electron chi connectivity index (χ0n) is 14.6. The van der Waals surface area contributed by atoms with Crippen molar-refractivity contribution in [2.45, 2.75) is 44.2 Å². The lowest BCUT2D eigenvalue weighted by atomic mass is 9.95. The molecule has 0 bridgehead atoms. The summed E-state index contributed by atoms with van der Waals surface area (Å²) >= 11 is 0. The average Bonchev–Trinajstić information content (AvgIpc) is 2.55. The fourth-order valence-corrected chi connectivity index (χ4v) is 3.56. The van der Waals surface area contributed by atoms with Crippen LogP contribution < -0.4 is 21.3 Å². The number of hydrogen-bond donors (Lipinski definition) is 3. The van der Waals surface area contributed by atoms with Crippen LogP contribution in [0.5, 0.6) is 0 Å². The number of methoxy groups -OCH3 is 1. The highest BCUT2D eigenvalue weighted by molar-refractivity contribution is 6.02. The molecule has 1 saturated heterocycles. The fourth-order valence-electron chi connectivity index (χ4n) is 3.56. The van der Waals surface area contributed by atoms with Crippen molar-refractivity contribution in [3.63, 3.8) is 0 Å². The molecule has 6 nitrogen and oxygen atoms in total. The van der Waals surface area contributed by atoms with Gasteiger partial charge in [-0.1, -0.05) is 19.3 Å². The summed E-state index contributed by atoms with van der Waals surface area (Å²) in [7, 11) is 3.56. The number of carbonyl (C=O) groups is 1. The van der Waals surface area contributed by atoms with Gasteiger partial charge >= 0.3 is 0 Å². The van der Waals surface area contributed by atoms with Crippen molar-refractivity contribution >= 4 is 23.0 Å². The van der Waals surface area contributed by atoms with Crippen LogP contribution in [-0.4, -0.2) is 45.3 Å². The maximum absolute atomic E-state index is 12.8. The molecule has 6 heteroatoms. The van der Waals surface area contributed by atoms with Crippen LogP contribution in [0.2, 0.25) is 0 Å². The Morgan fingerprint density at radius 1 is 1.25 bits per heavy atom. The first kappa shape index (κ1) is 16.9. The molecule has 1 aromatic carbocycles. The van der Waals surface area contributed by atoms with Gasteiger partial charge in [-0.25, -0.2) is 0 Å². The predicted molar refractivity (Wildman–Crippen MR) is 97.8 cm³/mol. The van der Waals surface area contributed by atoms with Crippen LogP contribution in [0.4, 0.5) is 17.1 Å². The Bertz CT molecular complexity index is 593. The minimum absolute atomic E-state index is 0.0212. The Labute approximate surface area is 143 Å². The molecule has 3 rings (SSSR count). The van der Waals surface area contributed by atoms with Gasteiger partial charge in [0.25, 0.3) is 5.91 Å². The van der Waals surface area contributed by atoms with Crippen molar-refractivity contribution in [3.05, 3.63) is 17.7 Å². The molecule has 2 fully saturated rings. The van der Waals surface area contributed by atoms with E-state index in [4.69, 9.17) is 10.5 Å². The summed E-state index contributed by atoms with van der Waals surface area (Å²) in [5, 5.41) is 6.29. The van der Waals surface area contributed by atoms with Crippen LogP contribution in [0.25, 0.3) is 0 Å². The molecule has 132 valence electrons. The summed E-state index contributed by atoms with van der Waals surface area (Å²) in [5.74, 6) is -0.0212. The number of anilines is 3. The third kappa shape index (κ3) is 3.43. The lowest BCUT2D eigenvalue weighted by Crippen LogP contribution is -2.52. The van der Waals surface area contributed by atoms with E-state index in [1.54, 1.807) is 13.2 Å². The molecule has 1 saturated carbocycles. The van der Waals surface area contributed by atoms with Gasteiger partial charge in [0.1, 0.15) is 0 Å². The summed E-state index contributed by atoms with van der Waals surface area (Å²) in [4.78, 5) is 15.0. The Kier molecular flexibility index (Phi) is 5.14. The van der Waals surface area contributed by atoms with Crippen molar-refractivity contribution in [2.24, 2.45) is 0 Å². The number of nitrogens with one attached hydrogen (secondary N) is 2. The largest absolute Gasteiger partial charge is 0.397 e. The summed E-state index contributed by atoms with van der Waals surface area (Å²) in [6.45, 7) is 1.60. The highest BCUT2D eigenvalue weighted by atomic mass is 16.5. The van der Waals surface area contributed by atoms with Crippen molar-refractivity contribution in [2.75, 3.05) is 43.2 Å². The molecular formula is C18H28N4O2. The first-order chi connectivity index (χ1) is 11.6. The number of rotatable bonds is 5. The van der Waals surface area contributed by atoms with Crippen molar-refractivity contribution in [3.8, 4) is 0 Å². The van der Waals surface area contributed by atoms with Gasteiger partial charge in [-0.15, -0.1) is 0 Å². The lowest BCUT2D eigenvalue weighted by molar-refractivity contribution is 0.0782. The second kappa shape index (κ2) is 7.30. The second-order valence-corrected chi connectivity index (χ2v) is 6.78. The molecule has 1 amide bonds. The third-order valence-corrected chi connectivity index (χ3v) is 5.14. The first-order valence-electron chi connectivity index (χ1n) is 8.82. The van der Waals surface area contributed by atoms with Crippen molar-refractivity contribution in [1.82, 2.24) is 5.32 Å². The molecule has 4 N–H and O–H groups in total. The quantitative estimate of drug-likeness (QED) is 0.721. The molecule has 0 spiro atoms. The van der Waals surface area contributed by atoms with Gasteiger partial charge in [-0.3, -0.25) is 4.79 Å². The van der Waals surface area contributed by atoms with Gasteiger partial charge < -0.3 is 26.0 Å². The molecular weight excluding hydrogens is 304 g/mol. The van der Waals surface area contributed by atoms with Gasteiger partial charge in [-0.05, 0) is 25.0 Å². The Hall–Kier alpha value is -1.95. The van der Waals surface area contributed by atoms with Crippen LogP contribution in [-0.2, 0) is 4.74 Å². The number of carbonyl (C=O) groups excluding carboxylic acids is 1. The van der Waals surface area contributed by atoms with Crippen LogP contribution in [0, 0.1) is 0 Å². The van der Waals surface area contributed by atoms with Crippen LogP contribution in [0.15, 0.2) is 12.1 Å². The van der Waals surface area contributed by atoms with Gasteiger partial charge in [0.2, 0.25) is 0 Å². The Balaban J connectivity index is 1.81. The van der Waals surface area contributed by atoms with E-state index in [9.17, 15) is 4.79 Å². The van der Waals surface area contributed by atoms with Crippen molar-refractivity contribution < 1.29 is 9.53 Å². The highest BCUT2D eigenvalue weighted by Crippen LogP contribution is 2.33. The Morgan fingerprint density at radius 3 is 2.58 bits per heavy atom. The second-order valence-electron chi connectivity index (χ2n) is 6.78. The van der Waals surface area contributed by atoms with Gasteiger partial charge in [0.15, 0.2) is 0 Å². The topological polar surface area (TPSA) is 79.6 Å². The minimum atomic E-state index is -0.0212. The van der Waals surface area contributed by atoms with E-state index in [0.717, 1.165) is 37.3 Å². The molecule has 0 unspecified atom stereocenters. The standard InChI is InChI=1S/C18H28N4O2/c1-20-16-9-17(22-10-13(11-22)24-2)14(8-15(16)19)18(23)21-12-6-4-3-5-7-12/h8-9,12-13,20H,3-7,10-11,19H2,1-2H3,(H,21,23). The normalized spacial score (nSPS) is 19.0. The third-order valence-electron chi connectivity index (χ3n) is 5.14. The SMILES string of the molecule is CNc1cc(N2CC(OC)C2)c(C(=O)NC2CCCCC2)cc1N. The van der Waals surface area contributed by atoms with Crippen LogP contribution in [0.1, 0.15) is 42.5 Å². The zero-order chi connectivity index (χ0) is 17.1. The molecule has 1 aliphatic heterocycles. The Morgan fingerprint density at radius 2 is 1.96 bits per heavy atom. The number of nitrogen functional groups attached to an aromatic ring is 1. The average molecular weight is 332 g/mol. The monoisotopic (exact) mass is 332 g/mol. The van der Waals surface area contributed by atoms with E-state index < -0.39 is 0 Å². The van der Waals surface area contributed by atoms with E-state index in [2.05, 4.69) is 15.5 Å². The maximum Gasteiger partial charge on any atom is 0.253 e. The lowest BCUT2D eigenvalue weighted by Gasteiger charge is -2.41. The van der Waals surface area contributed by atoms with Crippen LogP contribution in [0.3, 0.4) is 0 Å². The fraction of sp³-hybridized carbons (Fsp3) is 0.611. The number of nitrogens with zero attached hydrogens (tertiary/aromatic N) is 1. The summed E-state index contributed by atoms with van der Waals surface area (Å²) < 4.78 is 5.36. The molecule has 0 atom stereocenters. The predicted octanol–water partition coefficient (Wildman–Crippen LogP) is 2.21. The van der Waals surface area contributed by atoms with E-state index in [0.29, 0.717) is 11.3 Å². The summed E-state index contributed by atoms with van der Waals surface area (Å²) in [6, 6.07) is 4.05. The molecule has 1 aromatic rings. The molecule has 0 radical (unpaired) electrons.